The molecule has 2 atom stereocenters. The number of hydrogen-bond donors (Lipinski definition) is 1. The smallest absolute Gasteiger partial charge is 0.147 e. The summed E-state index contributed by atoms with van der Waals surface area (Å²) in [5.41, 5.74) is 7.79. The van der Waals surface area contributed by atoms with E-state index in [-0.39, 0.29) is 6.10 Å². The Hall–Kier alpha value is -1.70. The van der Waals surface area contributed by atoms with Crippen molar-refractivity contribution in [2.75, 3.05) is 5.73 Å². The van der Waals surface area contributed by atoms with Crippen LogP contribution in [0, 0.1) is 0 Å². The minimum atomic E-state index is 0.139. The standard InChI is InChI=1S/C12H11NO/c13-10-6-3-5-9-8-4-1-2-7-11(8)14-12(9)10/h1-8,11H,13H2. The molecule has 14 heavy (non-hydrogen) atoms. The van der Waals surface area contributed by atoms with Crippen molar-refractivity contribution >= 4 is 5.69 Å². The lowest BCUT2D eigenvalue weighted by Crippen LogP contribution is -2.15. The Morgan fingerprint density at radius 3 is 2.93 bits per heavy atom. The fourth-order valence-corrected chi connectivity index (χ4v) is 2.09. The van der Waals surface area contributed by atoms with E-state index >= 15 is 0 Å². The van der Waals surface area contributed by atoms with Crippen molar-refractivity contribution in [3.63, 3.8) is 0 Å². The van der Waals surface area contributed by atoms with E-state index in [1.807, 2.05) is 18.2 Å². The van der Waals surface area contributed by atoms with Gasteiger partial charge >= 0.3 is 0 Å². The molecule has 0 bridgehead atoms. The molecular formula is C12H11NO. The van der Waals surface area contributed by atoms with Gasteiger partial charge in [0.2, 0.25) is 0 Å². The highest BCUT2D eigenvalue weighted by atomic mass is 16.5. The molecule has 0 amide bonds. The minimum absolute atomic E-state index is 0.139. The molecule has 1 aliphatic heterocycles. The third-order valence-electron chi connectivity index (χ3n) is 2.77. The summed E-state index contributed by atoms with van der Waals surface area (Å²) >= 11 is 0. The van der Waals surface area contributed by atoms with E-state index in [0.29, 0.717) is 5.92 Å². The Labute approximate surface area is 82.7 Å². The van der Waals surface area contributed by atoms with Crippen LogP contribution in [-0.4, -0.2) is 6.10 Å². The van der Waals surface area contributed by atoms with Gasteiger partial charge in [-0.05, 0) is 12.1 Å². The van der Waals surface area contributed by atoms with Gasteiger partial charge in [-0.25, -0.2) is 0 Å². The summed E-state index contributed by atoms with van der Waals surface area (Å²) in [6.07, 6.45) is 8.45. The van der Waals surface area contributed by atoms with Gasteiger partial charge < -0.3 is 10.5 Å². The van der Waals surface area contributed by atoms with Gasteiger partial charge in [0.1, 0.15) is 11.9 Å². The molecule has 0 fully saturated rings. The largest absolute Gasteiger partial charge is 0.483 e. The van der Waals surface area contributed by atoms with Crippen molar-refractivity contribution in [1.82, 2.24) is 0 Å². The number of fused-ring (bicyclic) bond motifs is 3. The second-order valence-electron chi connectivity index (χ2n) is 3.64. The van der Waals surface area contributed by atoms with Crippen molar-refractivity contribution in [1.29, 1.82) is 0 Å². The predicted octanol–water partition coefficient (Wildman–Crippen LogP) is 2.24. The van der Waals surface area contributed by atoms with Gasteiger partial charge in [0.15, 0.2) is 0 Å². The lowest BCUT2D eigenvalue weighted by atomic mass is 9.92. The first-order chi connectivity index (χ1) is 6.86. The number of ether oxygens (including phenoxy) is 1. The third kappa shape index (κ3) is 0.909. The molecule has 2 nitrogen and oxygen atoms in total. The van der Waals surface area contributed by atoms with E-state index in [0.717, 1.165) is 11.4 Å². The van der Waals surface area contributed by atoms with E-state index in [9.17, 15) is 0 Å². The van der Waals surface area contributed by atoms with Gasteiger partial charge in [0, 0.05) is 11.5 Å². The molecule has 0 saturated heterocycles. The predicted molar refractivity (Wildman–Crippen MR) is 56.3 cm³/mol. The third-order valence-corrected chi connectivity index (χ3v) is 2.77. The molecule has 1 heterocycles. The maximum atomic E-state index is 5.85. The van der Waals surface area contributed by atoms with Crippen LogP contribution in [0.3, 0.4) is 0 Å². The molecular weight excluding hydrogens is 174 g/mol. The first-order valence-electron chi connectivity index (χ1n) is 4.76. The highest BCUT2D eigenvalue weighted by Gasteiger charge is 2.32. The number of anilines is 1. The SMILES string of the molecule is Nc1cccc2c1OC1C=CC=CC21. The Bertz CT molecular complexity index is 434. The van der Waals surface area contributed by atoms with Crippen LogP contribution in [0.15, 0.2) is 42.5 Å². The number of nitrogens with two attached hydrogens (primary N) is 1. The van der Waals surface area contributed by atoms with E-state index in [1.54, 1.807) is 0 Å². The van der Waals surface area contributed by atoms with Crippen LogP contribution in [0.1, 0.15) is 11.5 Å². The second-order valence-corrected chi connectivity index (χ2v) is 3.64. The number of nitrogen functional groups attached to an aromatic ring is 1. The molecule has 2 N–H and O–H groups in total. The molecule has 2 heteroatoms. The molecule has 2 unspecified atom stereocenters. The zero-order chi connectivity index (χ0) is 9.54. The molecule has 1 aromatic carbocycles. The fraction of sp³-hybridized carbons (Fsp3) is 0.167. The van der Waals surface area contributed by atoms with Gasteiger partial charge in [-0.2, -0.15) is 0 Å². The number of rotatable bonds is 0. The average molecular weight is 185 g/mol. The van der Waals surface area contributed by atoms with Crippen LogP contribution in [-0.2, 0) is 0 Å². The van der Waals surface area contributed by atoms with Gasteiger partial charge in [0.25, 0.3) is 0 Å². The van der Waals surface area contributed by atoms with Crippen LogP contribution in [0.2, 0.25) is 0 Å². The van der Waals surface area contributed by atoms with Crippen LogP contribution >= 0.6 is 0 Å². The molecule has 70 valence electrons. The van der Waals surface area contributed by atoms with Crippen molar-refractivity contribution in [2.24, 2.45) is 0 Å². The molecule has 3 rings (SSSR count). The minimum Gasteiger partial charge on any atom is -0.483 e. The first kappa shape index (κ1) is 7.68. The Morgan fingerprint density at radius 1 is 1.14 bits per heavy atom. The number of allylic oxidation sites excluding steroid dienone is 2. The fourth-order valence-electron chi connectivity index (χ4n) is 2.09. The molecule has 2 aliphatic rings. The summed E-state index contributed by atoms with van der Waals surface area (Å²) in [5, 5.41) is 0. The van der Waals surface area contributed by atoms with Crippen molar-refractivity contribution in [2.45, 2.75) is 12.0 Å². The molecule has 0 radical (unpaired) electrons. The Balaban J connectivity index is 2.15. The average Bonchev–Trinajstić information content (AvgIpc) is 2.59. The Morgan fingerprint density at radius 2 is 2.00 bits per heavy atom. The zero-order valence-electron chi connectivity index (χ0n) is 7.68. The number of para-hydroxylation sites is 1. The summed E-state index contributed by atoms with van der Waals surface area (Å²) in [6, 6.07) is 5.94. The van der Waals surface area contributed by atoms with Gasteiger partial charge in [-0.1, -0.05) is 30.4 Å². The number of benzene rings is 1. The van der Waals surface area contributed by atoms with Crippen LogP contribution in [0.5, 0.6) is 5.75 Å². The van der Waals surface area contributed by atoms with Gasteiger partial charge in [-0.15, -0.1) is 0 Å². The summed E-state index contributed by atoms with van der Waals surface area (Å²) in [5.74, 6) is 1.21. The normalized spacial score (nSPS) is 26.9. The van der Waals surface area contributed by atoms with Crippen molar-refractivity contribution in [3.05, 3.63) is 48.1 Å². The van der Waals surface area contributed by atoms with Crippen LogP contribution in [0.4, 0.5) is 5.69 Å². The van der Waals surface area contributed by atoms with Crippen molar-refractivity contribution < 1.29 is 4.74 Å². The molecule has 1 aliphatic carbocycles. The van der Waals surface area contributed by atoms with Gasteiger partial charge in [0.05, 0.1) is 5.69 Å². The maximum absolute atomic E-state index is 5.85. The van der Waals surface area contributed by atoms with E-state index < -0.39 is 0 Å². The lowest BCUT2D eigenvalue weighted by molar-refractivity contribution is 0.270. The van der Waals surface area contributed by atoms with E-state index in [2.05, 4.69) is 24.3 Å². The summed E-state index contributed by atoms with van der Waals surface area (Å²) in [6.45, 7) is 0. The topological polar surface area (TPSA) is 35.2 Å². The quantitative estimate of drug-likeness (QED) is 0.629. The van der Waals surface area contributed by atoms with Crippen LogP contribution < -0.4 is 10.5 Å². The molecule has 0 saturated carbocycles. The van der Waals surface area contributed by atoms with E-state index in [4.69, 9.17) is 10.5 Å². The Kier molecular flexibility index (Phi) is 1.45. The number of hydrogen-bond acceptors (Lipinski definition) is 2. The first-order valence-corrected chi connectivity index (χ1v) is 4.76. The summed E-state index contributed by atoms with van der Waals surface area (Å²) in [4.78, 5) is 0. The maximum Gasteiger partial charge on any atom is 0.147 e. The van der Waals surface area contributed by atoms with Crippen molar-refractivity contribution in [3.8, 4) is 5.75 Å². The second kappa shape index (κ2) is 2.64. The van der Waals surface area contributed by atoms with Crippen LogP contribution in [0.25, 0.3) is 0 Å². The summed E-state index contributed by atoms with van der Waals surface area (Å²) < 4.78 is 5.78. The van der Waals surface area contributed by atoms with Gasteiger partial charge in [-0.3, -0.25) is 0 Å². The molecule has 0 spiro atoms. The highest BCUT2D eigenvalue weighted by molar-refractivity contribution is 5.61. The highest BCUT2D eigenvalue weighted by Crippen LogP contribution is 2.43. The lowest BCUT2D eigenvalue weighted by Gasteiger charge is -2.13. The zero-order valence-corrected chi connectivity index (χ0v) is 7.68. The molecule has 1 aromatic rings. The monoisotopic (exact) mass is 185 g/mol. The summed E-state index contributed by atoms with van der Waals surface area (Å²) in [7, 11) is 0. The molecule has 0 aromatic heterocycles. The van der Waals surface area contributed by atoms with E-state index in [1.165, 1.54) is 5.56 Å².